The number of piperazine rings is 1. The molecule has 0 aromatic carbocycles. The van der Waals surface area contributed by atoms with E-state index < -0.39 is 6.04 Å². The number of nitrogens with zero attached hydrogens (tertiary/aromatic N) is 2. The van der Waals surface area contributed by atoms with Crippen LogP contribution in [0.15, 0.2) is 0 Å². The van der Waals surface area contributed by atoms with Crippen molar-refractivity contribution in [3.8, 4) is 0 Å². The van der Waals surface area contributed by atoms with Crippen LogP contribution in [-0.4, -0.2) is 61.4 Å². The lowest BCUT2D eigenvalue weighted by molar-refractivity contribution is -0.147. The maximum Gasteiger partial charge on any atom is 0.267 e. The molecule has 1 aliphatic rings. The van der Waals surface area contributed by atoms with Crippen LogP contribution in [0, 0.1) is 0 Å². The minimum atomic E-state index is -0.457. The summed E-state index contributed by atoms with van der Waals surface area (Å²) < 4.78 is 0. The van der Waals surface area contributed by atoms with Gasteiger partial charge in [-0.1, -0.05) is 13.8 Å². The normalized spacial score (nSPS) is 20.3. The van der Waals surface area contributed by atoms with E-state index in [2.05, 4.69) is 10.3 Å². The van der Waals surface area contributed by atoms with Gasteiger partial charge in [0.2, 0.25) is 5.91 Å². The van der Waals surface area contributed by atoms with Gasteiger partial charge in [-0.15, -0.1) is 0 Å². The predicted octanol–water partition coefficient (Wildman–Crippen LogP) is -0.147. The molecule has 0 bridgehead atoms. The van der Waals surface area contributed by atoms with Crippen LogP contribution in [0.5, 0.6) is 0 Å². The van der Waals surface area contributed by atoms with Crippen molar-refractivity contribution in [3.63, 3.8) is 0 Å². The molecule has 1 N–H and O–H groups in total. The zero-order valence-electron chi connectivity index (χ0n) is 11.3. The number of hydroxylamine groups is 1. The van der Waals surface area contributed by atoms with E-state index in [0.29, 0.717) is 13.1 Å². The van der Waals surface area contributed by atoms with Crippen molar-refractivity contribution >= 4 is 11.8 Å². The van der Waals surface area contributed by atoms with E-state index in [0.717, 1.165) is 6.54 Å². The lowest BCUT2D eigenvalue weighted by atomic mass is 10.1. The van der Waals surface area contributed by atoms with Gasteiger partial charge in [0.25, 0.3) is 5.91 Å². The Bertz CT molecular complexity index is 258. The number of amides is 2. The number of carbonyl (C=O) groups excluding carboxylic acids is 2. The van der Waals surface area contributed by atoms with E-state index in [1.54, 1.807) is 4.90 Å². The molecule has 6 nitrogen and oxygen atoms in total. The van der Waals surface area contributed by atoms with E-state index in [-0.39, 0.29) is 11.8 Å². The molecule has 0 spiro atoms. The van der Waals surface area contributed by atoms with Crippen LogP contribution in [0.25, 0.3) is 0 Å². The highest BCUT2D eigenvalue weighted by molar-refractivity contribution is 5.86. The van der Waals surface area contributed by atoms with Gasteiger partial charge in [-0.2, -0.15) is 0 Å². The first-order chi connectivity index (χ1) is 8.06. The fraction of sp³-hybridized carbons (Fsp3) is 0.818. The Kier molecular flexibility index (Phi) is 7.49. The van der Waals surface area contributed by atoms with Gasteiger partial charge in [0.15, 0.2) is 0 Å². The lowest BCUT2D eigenvalue weighted by Gasteiger charge is -2.38. The fourth-order valence-electron chi connectivity index (χ4n) is 1.69. The highest BCUT2D eigenvalue weighted by Gasteiger charge is 2.32. The van der Waals surface area contributed by atoms with Crippen molar-refractivity contribution in [1.29, 1.82) is 0 Å². The van der Waals surface area contributed by atoms with E-state index >= 15 is 0 Å². The molecule has 0 aliphatic carbocycles. The predicted molar refractivity (Wildman–Crippen MR) is 65.2 cm³/mol. The number of hydrogen-bond donors (Lipinski definition) is 1. The van der Waals surface area contributed by atoms with E-state index in [9.17, 15) is 9.59 Å². The largest absolute Gasteiger partial charge is 0.328 e. The summed E-state index contributed by atoms with van der Waals surface area (Å²) in [6.07, 6.45) is 0. The fourth-order valence-corrected chi connectivity index (χ4v) is 1.69. The average Bonchev–Trinajstić information content (AvgIpc) is 2.31. The summed E-state index contributed by atoms with van der Waals surface area (Å²) >= 11 is 0. The zero-order chi connectivity index (χ0) is 13.4. The van der Waals surface area contributed by atoms with Crippen LogP contribution >= 0.6 is 0 Å². The Hall–Kier alpha value is -1.14. The molecule has 0 aromatic rings. The van der Waals surface area contributed by atoms with Gasteiger partial charge in [-0.3, -0.25) is 14.4 Å². The molecule has 6 heteroatoms. The second-order valence-electron chi connectivity index (χ2n) is 3.66. The first kappa shape index (κ1) is 15.9. The third-order valence-electron chi connectivity index (χ3n) is 2.49. The van der Waals surface area contributed by atoms with Crippen LogP contribution in [0.3, 0.4) is 0 Å². The molecular weight excluding hydrogens is 222 g/mol. The molecule has 1 rings (SSSR count). The lowest BCUT2D eigenvalue weighted by Crippen LogP contribution is -2.59. The number of nitrogens with one attached hydrogen (secondary N) is 1. The number of likely N-dealkylation sites (N-methyl/N-ethyl adjacent to an activating group) is 1. The summed E-state index contributed by atoms with van der Waals surface area (Å²) in [4.78, 5) is 31.1. The molecule has 1 aliphatic heterocycles. The van der Waals surface area contributed by atoms with Gasteiger partial charge >= 0.3 is 0 Å². The van der Waals surface area contributed by atoms with E-state index in [1.165, 1.54) is 14.0 Å². The third-order valence-corrected chi connectivity index (χ3v) is 2.49. The molecule has 100 valence electrons. The quantitative estimate of drug-likeness (QED) is 0.687. The van der Waals surface area contributed by atoms with Crippen molar-refractivity contribution in [3.05, 3.63) is 0 Å². The van der Waals surface area contributed by atoms with Crippen molar-refractivity contribution in [2.75, 3.05) is 33.8 Å². The number of rotatable bonds is 2. The molecule has 1 saturated heterocycles. The minimum absolute atomic E-state index is 0.0839. The van der Waals surface area contributed by atoms with Crippen LogP contribution in [-0.2, 0) is 14.4 Å². The van der Waals surface area contributed by atoms with Crippen LogP contribution in [0.4, 0.5) is 0 Å². The van der Waals surface area contributed by atoms with Gasteiger partial charge in [-0.05, 0) is 7.05 Å². The maximum atomic E-state index is 11.6. The Morgan fingerprint density at radius 1 is 1.29 bits per heavy atom. The molecule has 0 saturated carbocycles. The third kappa shape index (κ3) is 4.70. The SMILES string of the molecule is CC.CONC(=O)C1CN(C)CCN1C(C)=O. The summed E-state index contributed by atoms with van der Waals surface area (Å²) in [6.45, 7) is 7.37. The highest BCUT2D eigenvalue weighted by atomic mass is 16.6. The first-order valence-corrected chi connectivity index (χ1v) is 5.85. The zero-order valence-corrected chi connectivity index (χ0v) is 11.3. The molecule has 1 unspecified atom stereocenters. The summed E-state index contributed by atoms with van der Waals surface area (Å²) in [5.41, 5.74) is 2.26. The van der Waals surface area contributed by atoms with Crippen LogP contribution < -0.4 is 5.48 Å². The maximum absolute atomic E-state index is 11.6. The second kappa shape index (κ2) is 8.03. The van der Waals surface area contributed by atoms with Crippen molar-refractivity contribution in [2.24, 2.45) is 0 Å². The van der Waals surface area contributed by atoms with Crippen molar-refractivity contribution < 1.29 is 14.4 Å². The second-order valence-corrected chi connectivity index (χ2v) is 3.66. The highest BCUT2D eigenvalue weighted by Crippen LogP contribution is 2.08. The van der Waals surface area contributed by atoms with Gasteiger partial charge < -0.3 is 9.80 Å². The number of carbonyl (C=O) groups is 2. The summed E-state index contributed by atoms with van der Waals surface area (Å²) in [5, 5.41) is 0. The van der Waals surface area contributed by atoms with Gasteiger partial charge in [0.1, 0.15) is 6.04 Å². The Labute approximate surface area is 103 Å². The van der Waals surface area contributed by atoms with Crippen LogP contribution in [0.2, 0.25) is 0 Å². The number of hydrogen-bond acceptors (Lipinski definition) is 4. The van der Waals surface area contributed by atoms with Crippen molar-refractivity contribution in [1.82, 2.24) is 15.3 Å². The molecular formula is C11H23N3O3. The molecule has 17 heavy (non-hydrogen) atoms. The average molecular weight is 245 g/mol. The Balaban J connectivity index is 0.00000121. The summed E-state index contributed by atoms with van der Waals surface area (Å²) in [5.74, 6) is -0.362. The summed E-state index contributed by atoms with van der Waals surface area (Å²) in [6, 6.07) is -0.457. The smallest absolute Gasteiger partial charge is 0.267 e. The van der Waals surface area contributed by atoms with Gasteiger partial charge in [0.05, 0.1) is 7.11 Å². The standard InChI is InChI=1S/C9H17N3O3.C2H6/c1-7(13)12-5-4-11(2)6-8(12)9(14)10-15-3;1-2/h8H,4-6H2,1-3H3,(H,10,14);1-2H3. The molecule has 1 atom stereocenters. The van der Waals surface area contributed by atoms with E-state index in [1.807, 2.05) is 25.8 Å². The molecule has 2 amide bonds. The molecule has 0 aromatic heterocycles. The molecule has 1 fully saturated rings. The van der Waals surface area contributed by atoms with Crippen LogP contribution in [0.1, 0.15) is 20.8 Å². The topological polar surface area (TPSA) is 61.9 Å². The minimum Gasteiger partial charge on any atom is -0.328 e. The molecule has 0 radical (unpaired) electrons. The van der Waals surface area contributed by atoms with Crippen molar-refractivity contribution in [2.45, 2.75) is 26.8 Å². The van der Waals surface area contributed by atoms with Gasteiger partial charge in [-0.25, -0.2) is 5.48 Å². The summed E-state index contributed by atoms with van der Waals surface area (Å²) in [7, 11) is 3.30. The Morgan fingerprint density at radius 2 is 1.88 bits per heavy atom. The van der Waals surface area contributed by atoms with E-state index in [4.69, 9.17) is 0 Å². The first-order valence-electron chi connectivity index (χ1n) is 5.85. The Morgan fingerprint density at radius 3 is 2.35 bits per heavy atom. The van der Waals surface area contributed by atoms with Gasteiger partial charge in [0, 0.05) is 26.6 Å². The monoisotopic (exact) mass is 245 g/mol. The molecule has 1 heterocycles.